The lowest BCUT2D eigenvalue weighted by molar-refractivity contribution is -0.141. The van der Waals surface area contributed by atoms with Crippen LogP contribution in [0.2, 0.25) is 0 Å². The van der Waals surface area contributed by atoms with Crippen molar-refractivity contribution in [2.75, 3.05) is 25.2 Å². The Labute approximate surface area is 267 Å². The van der Waals surface area contributed by atoms with Crippen molar-refractivity contribution in [3.05, 3.63) is 107 Å². The smallest absolute Gasteiger partial charge is 0.260 e. The number of hydrogen-bond donors (Lipinski definition) is 2. The molecule has 2 N–H and O–H groups in total. The number of ether oxygens (including phenoxy) is 1. The molecule has 4 amide bonds. The number of benzene rings is 3. The van der Waals surface area contributed by atoms with E-state index in [9.17, 15) is 19.5 Å². The van der Waals surface area contributed by atoms with Crippen molar-refractivity contribution >= 4 is 29.3 Å². The zero-order valence-electron chi connectivity index (χ0n) is 25.9. The summed E-state index contributed by atoms with van der Waals surface area (Å²) in [5.41, 5.74) is 5.65. The molecule has 4 aliphatic rings. The fraction of sp³-hybridized carbons (Fsp3) is 0.351. The van der Waals surface area contributed by atoms with Gasteiger partial charge in [-0.25, -0.2) is 0 Å². The first-order valence-corrected chi connectivity index (χ1v) is 16.0. The van der Waals surface area contributed by atoms with Gasteiger partial charge in [-0.3, -0.25) is 29.5 Å². The molecule has 3 aromatic rings. The van der Waals surface area contributed by atoms with Gasteiger partial charge in [0.25, 0.3) is 11.8 Å². The van der Waals surface area contributed by atoms with Crippen LogP contribution in [0.4, 0.5) is 5.69 Å². The minimum Gasteiger partial charge on any atom is -0.491 e. The first-order chi connectivity index (χ1) is 22.3. The molecule has 6 unspecified atom stereocenters. The van der Waals surface area contributed by atoms with Crippen molar-refractivity contribution in [3.8, 4) is 5.75 Å². The molecule has 9 nitrogen and oxygen atoms in total. The summed E-state index contributed by atoms with van der Waals surface area (Å²) in [7, 11) is 0. The molecule has 2 aliphatic heterocycles. The highest BCUT2D eigenvalue weighted by molar-refractivity contribution is 6.13. The van der Waals surface area contributed by atoms with Gasteiger partial charge in [0, 0.05) is 18.0 Å². The van der Waals surface area contributed by atoms with Crippen LogP contribution in [0.15, 0.2) is 90.5 Å². The minimum atomic E-state index is -1.38. The third-order valence-corrected chi connectivity index (χ3v) is 10.4. The van der Waals surface area contributed by atoms with E-state index in [4.69, 9.17) is 4.74 Å². The van der Waals surface area contributed by atoms with Gasteiger partial charge in [0.05, 0.1) is 35.5 Å². The summed E-state index contributed by atoms with van der Waals surface area (Å²) < 4.78 is 6.07. The maximum Gasteiger partial charge on any atom is 0.260 e. The van der Waals surface area contributed by atoms with Crippen molar-refractivity contribution in [2.24, 2.45) is 23.7 Å². The third kappa shape index (κ3) is 4.32. The number of likely N-dealkylation sites (tertiary alicyclic amines) is 1. The predicted octanol–water partition coefficient (Wildman–Crippen LogP) is 4.37. The Balaban J connectivity index is 1.46. The predicted molar refractivity (Wildman–Crippen MR) is 170 cm³/mol. The van der Waals surface area contributed by atoms with E-state index in [1.165, 1.54) is 4.90 Å². The number of rotatable bonds is 8. The number of carbonyl (C=O) groups excluding carboxylic acids is 4. The average molecular weight is 620 g/mol. The molecule has 0 bridgehead atoms. The van der Waals surface area contributed by atoms with Gasteiger partial charge in [-0.15, -0.1) is 0 Å². The number of anilines is 1. The maximum atomic E-state index is 15.2. The SMILES string of the molecule is CCN1C(=O)C2CC=C3C(CC4C(=O)N(Nc5ccc(C)cc5)C(=O)C4(c4ccccc4)C3c3ccccc3OCCO)C2C1=O. The normalized spacial score (nSPS) is 28.5. The summed E-state index contributed by atoms with van der Waals surface area (Å²) in [6.45, 7) is 3.90. The van der Waals surface area contributed by atoms with Gasteiger partial charge in [-0.2, -0.15) is 5.01 Å². The van der Waals surface area contributed by atoms with Gasteiger partial charge < -0.3 is 9.84 Å². The molecule has 3 aromatic carbocycles. The molecular weight excluding hydrogens is 582 g/mol. The highest BCUT2D eigenvalue weighted by Crippen LogP contribution is 2.64. The van der Waals surface area contributed by atoms with Gasteiger partial charge in [0.1, 0.15) is 12.4 Å². The van der Waals surface area contributed by atoms with Crippen molar-refractivity contribution in [2.45, 2.75) is 38.0 Å². The standard InChI is InChI=1S/C37H37N3O6/c1-3-39-33(42)27-18-17-25-28(31(27)35(39)44)21-29-34(43)40(38-24-15-13-22(2)14-16-24)36(45)37(29,23-9-5-4-6-10-23)32(25)26-11-7-8-12-30(26)46-20-19-41/h4-17,27-29,31-32,38,41H,3,18-21H2,1-2H3. The molecule has 2 heterocycles. The molecule has 236 valence electrons. The van der Waals surface area contributed by atoms with Gasteiger partial charge in [0.2, 0.25) is 11.8 Å². The average Bonchev–Trinajstić information content (AvgIpc) is 3.45. The zero-order chi connectivity index (χ0) is 32.2. The van der Waals surface area contributed by atoms with Gasteiger partial charge in [0.15, 0.2) is 0 Å². The molecule has 6 atom stereocenters. The molecule has 9 heteroatoms. The second kappa shape index (κ2) is 11.6. The van der Waals surface area contributed by atoms with E-state index in [0.717, 1.165) is 16.1 Å². The number of nitrogens with one attached hydrogen (secondary N) is 1. The number of aliphatic hydroxyl groups is 1. The van der Waals surface area contributed by atoms with Crippen LogP contribution in [-0.4, -0.2) is 58.4 Å². The summed E-state index contributed by atoms with van der Waals surface area (Å²) in [4.78, 5) is 58.4. The Morgan fingerprint density at radius 3 is 2.33 bits per heavy atom. The van der Waals surface area contributed by atoms with Gasteiger partial charge in [-0.1, -0.05) is 77.9 Å². The Hall–Kier alpha value is -4.76. The second-order valence-electron chi connectivity index (χ2n) is 12.6. The Morgan fingerprint density at radius 1 is 0.891 bits per heavy atom. The van der Waals surface area contributed by atoms with E-state index in [1.807, 2.05) is 85.8 Å². The largest absolute Gasteiger partial charge is 0.491 e. The topological polar surface area (TPSA) is 116 Å². The van der Waals surface area contributed by atoms with Crippen LogP contribution in [0.25, 0.3) is 0 Å². The van der Waals surface area contributed by atoms with Gasteiger partial charge in [-0.05, 0) is 56.4 Å². The quantitative estimate of drug-likeness (QED) is 0.284. The summed E-state index contributed by atoms with van der Waals surface area (Å²) >= 11 is 0. The molecule has 46 heavy (non-hydrogen) atoms. The van der Waals surface area contributed by atoms with Crippen LogP contribution in [0, 0.1) is 30.6 Å². The summed E-state index contributed by atoms with van der Waals surface area (Å²) in [6.07, 6.45) is 2.65. The summed E-state index contributed by atoms with van der Waals surface area (Å²) in [5.74, 6) is -3.72. The zero-order valence-corrected chi connectivity index (χ0v) is 25.9. The van der Waals surface area contributed by atoms with Crippen molar-refractivity contribution in [1.82, 2.24) is 9.91 Å². The number of imide groups is 2. The van der Waals surface area contributed by atoms with Crippen molar-refractivity contribution in [1.29, 1.82) is 0 Å². The Kier molecular flexibility index (Phi) is 7.51. The third-order valence-electron chi connectivity index (χ3n) is 10.4. The molecule has 0 aromatic heterocycles. The van der Waals surface area contributed by atoms with E-state index >= 15 is 4.79 Å². The Bertz CT molecular complexity index is 1740. The molecule has 2 aliphatic carbocycles. The number of allylic oxidation sites excluding steroid dienone is 2. The number of aliphatic hydroxyl groups excluding tert-OH is 1. The van der Waals surface area contributed by atoms with Crippen molar-refractivity contribution in [3.63, 3.8) is 0 Å². The number of amides is 4. The maximum absolute atomic E-state index is 15.2. The summed E-state index contributed by atoms with van der Waals surface area (Å²) in [5, 5.41) is 10.8. The molecule has 0 spiro atoms. The number of nitrogens with zero attached hydrogens (tertiary/aromatic N) is 2. The lowest BCUT2D eigenvalue weighted by Crippen LogP contribution is -2.53. The van der Waals surface area contributed by atoms with E-state index in [0.29, 0.717) is 29.0 Å². The fourth-order valence-electron chi connectivity index (χ4n) is 8.47. The number of hydrazine groups is 1. The van der Waals surface area contributed by atoms with Crippen LogP contribution < -0.4 is 10.2 Å². The van der Waals surface area contributed by atoms with E-state index in [2.05, 4.69) is 5.43 Å². The van der Waals surface area contributed by atoms with Crippen LogP contribution in [0.5, 0.6) is 5.75 Å². The molecule has 2 saturated heterocycles. The summed E-state index contributed by atoms with van der Waals surface area (Å²) in [6, 6.07) is 24.3. The lowest BCUT2D eigenvalue weighted by atomic mass is 9.49. The van der Waals surface area contributed by atoms with E-state index < -0.39 is 35.0 Å². The fourth-order valence-corrected chi connectivity index (χ4v) is 8.47. The number of aryl methyl sites for hydroxylation is 1. The van der Waals surface area contributed by atoms with Crippen LogP contribution in [-0.2, 0) is 24.6 Å². The molecule has 1 saturated carbocycles. The number of para-hydroxylation sites is 1. The monoisotopic (exact) mass is 619 g/mol. The van der Waals surface area contributed by atoms with Crippen molar-refractivity contribution < 1.29 is 29.0 Å². The van der Waals surface area contributed by atoms with Gasteiger partial charge >= 0.3 is 0 Å². The van der Waals surface area contributed by atoms with Crippen LogP contribution in [0.1, 0.15) is 42.4 Å². The first kappa shape index (κ1) is 29.9. The first-order valence-electron chi connectivity index (χ1n) is 16.0. The number of fused-ring (bicyclic) bond motifs is 4. The Morgan fingerprint density at radius 2 is 1.61 bits per heavy atom. The molecule has 7 rings (SSSR count). The van der Waals surface area contributed by atoms with E-state index in [1.54, 1.807) is 13.0 Å². The molecule has 3 fully saturated rings. The molecular formula is C37H37N3O6. The lowest BCUT2D eigenvalue weighted by Gasteiger charge is -2.50. The van der Waals surface area contributed by atoms with Crippen LogP contribution >= 0.6 is 0 Å². The number of hydrogen-bond acceptors (Lipinski definition) is 7. The second-order valence-corrected chi connectivity index (χ2v) is 12.6. The highest BCUT2D eigenvalue weighted by atomic mass is 16.5. The van der Waals surface area contributed by atoms with Crippen LogP contribution in [0.3, 0.4) is 0 Å². The van der Waals surface area contributed by atoms with E-state index in [-0.39, 0.29) is 49.8 Å². The minimum absolute atomic E-state index is 0.0467. The molecule has 0 radical (unpaired) electrons. The number of carbonyl (C=O) groups is 4. The highest BCUT2D eigenvalue weighted by Gasteiger charge is 2.70.